The highest BCUT2D eigenvalue weighted by molar-refractivity contribution is 5.91. The van der Waals surface area contributed by atoms with Crippen molar-refractivity contribution in [2.45, 2.75) is 45.8 Å². The minimum absolute atomic E-state index is 0.0826. The van der Waals surface area contributed by atoms with Gasteiger partial charge in [-0.25, -0.2) is 0 Å². The molecular weight excluding hydrogens is 260 g/mol. The van der Waals surface area contributed by atoms with Crippen molar-refractivity contribution in [2.24, 2.45) is 11.7 Å². The molecule has 0 bridgehead atoms. The van der Waals surface area contributed by atoms with Crippen LogP contribution in [0.2, 0.25) is 0 Å². The molecule has 0 unspecified atom stereocenters. The third-order valence-electron chi connectivity index (χ3n) is 3.23. The summed E-state index contributed by atoms with van der Waals surface area (Å²) in [5, 5.41) is 5.62. The van der Waals surface area contributed by atoms with Crippen molar-refractivity contribution in [2.75, 3.05) is 13.1 Å². The lowest BCUT2D eigenvalue weighted by molar-refractivity contribution is -0.137. The largest absolute Gasteiger partial charge is 0.368 e. The summed E-state index contributed by atoms with van der Waals surface area (Å²) in [5.41, 5.74) is 4.38. The SMILES string of the molecule is CC(C)C[C@@H]1NC(C)(C)N(CC(=O)NCC(N)=O)C1=O. The number of amides is 3. The van der Waals surface area contributed by atoms with Gasteiger partial charge in [-0.2, -0.15) is 0 Å². The van der Waals surface area contributed by atoms with E-state index in [1.165, 1.54) is 4.90 Å². The molecule has 1 aliphatic rings. The molecule has 1 atom stereocenters. The predicted octanol–water partition coefficient (Wildman–Crippen LogP) is -0.829. The molecule has 0 aromatic carbocycles. The molecule has 7 nitrogen and oxygen atoms in total. The maximum atomic E-state index is 12.3. The number of carbonyl (C=O) groups excluding carboxylic acids is 3. The molecule has 4 N–H and O–H groups in total. The summed E-state index contributed by atoms with van der Waals surface area (Å²) in [6, 6.07) is -0.269. The quantitative estimate of drug-likeness (QED) is 0.592. The molecule has 0 spiro atoms. The fraction of sp³-hybridized carbons (Fsp3) is 0.769. The van der Waals surface area contributed by atoms with Crippen molar-refractivity contribution in [3.05, 3.63) is 0 Å². The maximum Gasteiger partial charge on any atom is 0.241 e. The molecule has 0 aromatic heterocycles. The Kier molecular flexibility index (Phi) is 5.10. The Morgan fingerprint density at radius 1 is 1.45 bits per heavy atom. The van der Waals surface area contributed by atoms with Crippen LogP contribution in [0.25, 0.3) is 0 Å². The number of rotatable bonds is 6. The molecule has 0 aromatic rings. The number of primary amides is 1. The van der Waals surface area contributed by atoms with Crippen molar-refractivity contribution >= 4 is 17.7 Å². The summed E-state index contributed by atoms with van der Waals surface area (Å²) in [6.07, 6.45) is 0.724. The molecule has 1 aliphatic heterocycles. The van der Waals surface area contributed by atoms with Crippen LogP contribution in [0, 0.1) is 5.92 Å². The highest BCUT2D eigenvalue weighted by Crippen LogP contribution is 2.24. The van der Waals surface area contributed by atoms with Crippen molar-refractivity contribution in [3.63, 3.8) is 0 Å². The number of hydrogen-bond donors (Lipinski definition) is 3. The zero-order chi connectivity index (χ0) is 15.5. The summed E-state index contributed by atoms with van der Waals surface area (Å²) in [7, 11) is 0. The second kappa shape index (κ2) is 6.21. The first-order valence-corrected chi connectivity index (χ1v) is 6.77. The van der Waals surface area contributed by atoms with E-state index in [-0.39, 0.29) is 25.0 Å². The lowest BCUT2D eigenvalue weighted by Crippen LogP contribution is -2.51. The third-order valence-corrected chi connectivity index (χ3v) is 3.23. The number of nitrogens with two attached hydrogens (primary N) is 1. The van der Waals surface area contributed by atoms with Gasteiger partial charge in [0.25, 0.3) is 0 Å². The normalized spacial score (nSPS) is 21.4. The minimum Gasteiger partial charge on any atom is -0.368 e. The van der Waals surface area contributed by atoms with Gasteiger partial charge < -0.3 is 16.0 Å². The van der Waals surface area contributed by atoms with Crippen molar-refractivity contribution in [1.29, 1.82) is 0 Å². The Morgan fingerprint density at radius 3 is 2.55 bits per heavy atom. The van der Waals surface area contributed by atoms with Crippen LogP contribution in [0.15, 0.2) is 0 Å². The molecule has 1 rings (SSSR count). The van der Waals surface area contributed by atoms with Crippen LogP contribution in [0.3, 0.4) is 0 Å². The van der Waals surface area contributed by atoms with Crippen LogP contribution in [0.5, 0.6) is 0 Å². The molecule has 1 fully saturated rings. The van der Waals surface area contributed by atoms with E-state index in [9.17, 15) is 14.4 Å². The molecular formula is C13H24N4O3. The van der Waals surface area contributed by atoms with Gasteiger partial charge in [0.05, 0.1) is 18.2 Å². The van der Waals surface area contributed by atoms with Gasteiger partial charge in [-0.3, -0.25) is 19.7 Å². The van der Waals surface area contributed by atoms with Crippen molar-refractivity contribution < 1.29 is 14.4 Å². The van der Waals surface area contributed by atoms with Crippen LogP contribution in [0.1, 0.15) is 34.1 Å². The summed E-state index contributed by atoms with van der Waals surface area (Å²) < 4.78 is 0. The summed E-state index contributed by atoms with van der Waals surface area (Å²) in [4.78, 5) is 36.2. The first-order chi connectivity index (χ1) is 9.13. The van der Waals surface area contributed by atoms with Crippen LogP contribution < -0.4 is 16.4 Å². The molecule has 20 heavy (non-hydrogen) atoms. The van der Waals surface area contributed by atoms with Crippen LogP contribution in [-0.2, 0) is 14.4 Å². The number of hydrogen-bond acceptors (Lipinski definition) is 4. The molecule has 0 saturated carbocycles. The zero-order valence-corrected chi connectivity index (χ0v) is 12.5. The lowest BCUT2D eigenvalue weighted by Gasteiger charge is -2.30. The number of nitrogens with zero attached hydrogens (tertiary/aromatic N) is 1. The van der Waals surface area contributed by atoms with Gasteiger partial charge >= 0.3 is 0 Å². The van der Waals surface area contributed by atoms with Gasteiger partial charge in [0, 0.05) is 0 Å². The molecule has 1 heterocycles. The molecule has 3 amide bonds. The van der Waals surface area contributed by atoms with E-state index >= 15 is 0 Å². The van der Waals surface area contributed by atoms with E-state index in [2.05, 4.69) is 10.6 Å². The Morgan fingerprint density at radius 2 is 2.05 bits per heavy atom. The Bertz CT molecular complexity index is 406. The fourth-order valence-electron chi connectivity index (χ4n) is 2.32. The van der Waals surface area contributed by atoms with Crippen LogP contribution in [-0.4, -0.2) is 47.4 Å². The minimum atomic E-state index is -0.610. The Labute approximate surface area is 119 Å². The first kappa shape index (κ1) is 16.4. The molecule has 1 saturated heterocycles. The van der Waals surface area contributed by atoms with Crippen molar-refractivity contribution in [3.8, 4) is 0 Å². The Balaban J connectivity index is 2.66. The van der Waals surface area contributed by atoms with E-state index in [0.717, 1.165) is 6.42 Å². The molecule has 0 aliphatic carbocycles. The highest BCUT2D eigenvalue weighted by Gasteiger charge is 2.44. The third kappa shape index (κ3) is 4.19. The number of nitrogens with one attached hydrogen (secondary N) is 2. The maximum absolute atomic E-state index is 12.3. The van der Waals surface area contributed by atoms with Gasteiger partial charge in [-0.05, 0) is 26.2 Å². The second-order valence-electron chi connectivity index (χ2n) is 6.05. The topological polar surface area (TPSA) is 105 Å². The van der Waals surface area contributed by atoms with Gasteiger partial charge in [0.15, 0.2) is 0 Å². The van der Waals surface area contributed by atoms with E-state index in [1.807, 2.05) is 27.7 Å². The average Bonchev–Trinajstić information content (AvgIpc) is 2.49. The summed E-state index contributed by atoms with van der Waals surface area (Å²) >= 11 is 0. The predicted molar refractivity (Wildman–Crippen MR) is 74.4 cm³/mol. The standard InChI is InChI=1S/C13H24N4O3/c1-8(2)5-9-12(20)17(13(3,4)16-9)7-11(19)15-6-10(14)18/h8-9,16H,5-7H2,1-4H3,(H2,14,18)(H,15,19)/t9-/m0/s1. The van der Waals surface area contributed by atoms with Crippen LogP contribution in [0.4, 0.5) is 0 Å². The van der Waals surface area contributed by atoms with Gasteiger partial charge in [0.1, 0.15) is 6.54 Å². The van der Waals surface area contributed by atoms with Crippen molar-refractivity contribution in [1.82, 2.24) is 15.5 Å². The molecule has 7 heteroatoms. The average molecular weight is 284 g/mol. The monoisotopic (exact) mass is 284 g/mol. The van der Waals surface area contributed by atoms with E-state index in [0.29, 0.717) is 5.92 Å². The Hall–Kier alpha value is -1.63. The van der Waals surface area contributed by atoms with E-state index in [1.54, 1.807) is 0 Å². The molecule has 0 radical (unpaired) electrons. The number of carbonyl (C=O) groups is 3. The summed E-state index contributed by atoms with van der Waals surface area (Å²) in [5.74, 6) is -0.702. The first-order valence-electron chi connectivity index (χ1n) is 6.77. The fourth-order valence-corrected chi connectivity index (χ4v) is 2.32. The highest BCUT2D eigenvalue weighted by atomic mass is 16.2. The van der Waals surface area contributed by atoms with Gasteiger partial charge in [0.2, 0.25) is 17.7 Å². The van der Waals surface area contributed by atoms with Gasteiger partial charge in [-0.15, -0.1) is 0 Å². The smallest absolute Gasteiger partial charge is 0.241 e. The van der Waals surface area contributed by atoms with Crippen LogP contribution >= 0.6 is 0 Å². The van der Waals surface area contributed by atoms with Gasteiger partial charge in [-0.1, -0.05) is 13.8 Å². The van der Waals surface area contributed by atoms with E-state index < -0.39 is 17.5 Å². The lowest BCUT2D eigenvalue weighted by atomic mass is 10.0. The van der Waals surface area contributed by atoms with E-state index in [4.69, 9.17) is 5.73 Å². The zero-order valence-electron chi connectivity index (χ0n) is 12.5. The summed E-state index contributed by atoms with van der Waals surface area (Å²) in [6.45, 7) is 7.50. The second-order valence-corrected chi connectivity index (χ2v) is 6.05. The molecule has 114 valence electrons.